The van der Waals surface area contributed by atoms with E-state index >= 15 is 0 Å². The van der Waals surface area contributed by atoms with Crippen molar-refractivity contribution in [1.29, 1.82) is 5.26 Å². The smallest absolute Gasteiger partial charge is 0.158 e. The molecule has 25 heavy (non-hydrogen) atoms. The highest BCUT2D eigenvalue weighted by atomic mass is 35.5. The Hall–Kier alpha value is -2.55. The Labute approximate surface area is 155 Å². The maximum Gasteiger partial charge on any atom is 0.158 e. The van der Waals surface area contributed by atoms with Crippen molar-refractivity contribution < 1.29 is 0 Å². The first kappa shape index (κ1) is 17.3. The van der Waals surface area contributed by atoms with E-state index in [4.69, 9.17) is 23.2 Å². The Kier molecular flexibility index (Phi) is 4.93. The molecule has 7 heteroatoms. The molecular formula is C18H15Cl2N5. The van der Waals surface area contributed by atoms with Gasteiger partial charge in [-0.1, -0.05) is 40.6 Å². The summed E-state index contributed by atoms with van der Waals surface area (Å²) in [5, 5.41) is 19.4. The van der Waals surface area contributed by atoms with Crippen molar-refractivity contribution in [3.63, 3.8) is 0 Å². The third-order valence-corrected chi connectivity index (χ3v) is 4.73. The van der Waals surface area contributed by atoms with Crippen LogP contribution in [-0.4, -0.2) is 4.98 Å². The minimum absolute atomic E-state index is 0.197. The largest absolute Gasteiger partial charge is 0.338 e. The summed E-state index contributed by atoms with van der Waals surface area (Å²) in [6, 6.07) is 13.3. The number of anilines is 1. The molecule has 0 radical (unpaired) electrons. The number of halogens is 2. The highest BCUT2D eigenvalue weighted by Gasteiger charge is 2.14. The lowest BCUT2D eigenvalue weighted by molar-refractivity contribution is 0.993. The first-order valence-electron chi connectivity index (χ1n) is 7.64. The van der Waals surface area contributed by atoms with Gasteiger partial charge in [-0.05, 0) is 43.7 Å². The Morgan fingerprint density at radius 1 is 1.20 bits per heavy atom. The number of benzene rings is 2. The summed E-state index contributed by atoms with van der Waals surface area (Å²) in [6.07, 6.45) is 0. The number of aryl methyl sites for hydroxylation is 1. The molecule has 0 bridgehead atoms. The molecule has 0 aliphatic carbocycles. The lowest BCUT2D eigenvalue weighted by Crippen LogP contribution is -1.90. The maximum absolute atomic E-state index is 9.22. The Morgan fingerprint density at radius 2 is 2.00 bits per heavy atom. The Bertz CT molecular complexity index is 1000. The van der Waals surface area contributed by atoms with E-state index < -0.39 is 0 Å². The van der Waals surface area contributed by atoms with Gasteiger partial charge in [0.15, 0.2) is 5.82 Å². The SMILES string of the molecule is Cc1c(/N=N/Nc2ccc(Cl)c(Cl)c2)[nH]c2cccc(C(C)C#N)c12. The molecule has 1 heterocycles. The molecule has 5 nitrogen and oxygen atoms in total. The van der Waals surface area contributed by atoms with Crippen LogP contribution in [0.4, 0.5) is 11.5 Å². The molecule has 0 fully saturated rings. The second kappa shape index (κ2) is 7.14. The van der Waals surface area contributed by atoms with Crippen molar-refractivity contribution >= 4 is 45.6 Å². The molecule has 0 saturated carbocycles. The van der Waals surface area contributed by atoms with Crippen LogP contribution in [0.25, 0.3) is 10.9 Å². The van der Waals surface area contributed by atoms with E-state index in [0.717, 1.165) is 22.0 Å². The molecule has 0 amide bonds. The monoisotopic (exact) mass is 371 g/mol. The molecule has 126 valence electrons. The zero-order valence-electron chi connectivity index (χ0n) is 13.6. The molecule has 1 atom stereocenters. The number of nitrogens with one attached hydrogen (secondary N) is 2. The molecule has 2 N–H and O–H groups in total. The lowest BCUT2D eigenvalue weighted by atomic mass is 9.97. The number of rotatable bonds is 4. The summed E-state index contributed by atoms with van der Waals surface area (Å²) >= 11 is 11.9. The summed E-state index contributed by atoms with van der Waals surface area (Å²) in [4.78, 5) is 3.23. The number of fused-ring (bicyclic) bond motifs is 1. The van der Waals surface area contributed by atoms with Crippen LogP contribution in [0.2, 0.25) is 10.0 Å². The van der Waals surface area contributed by atoms with Gasteiger partial charge in [-0.3, -0.25) is 5.43 Å². The van der Waals surface area contributed by atoms with Gasteiger partial charge in [-0.25, -0.2) is 0 Å². The topological polar surface area (TPSA) is 76.3 Å². The second-order valence-electron chi connectivity index (χ2n) is 5.66. The quantitative estimate of drug-likeness (QED) is 0.404. The van der Waals surface area contributed by atoms with Gasteiger partial charge < -0.3 is 4.98 Å². The molecule has 0 spiro atoms. The number of H-pyrrole nitrogens is 1. The molecule has 3 aromatic rings. The molecule has 1 aromatic heterocycles. The van der Waals surface area contributed by atoms with E-state index in [1.165, 1.54) is 0 Å². The Morgan fingerprint density at radius 3 is 2.72 bits per heavy atom. The molecule has 3 rings (SSSR count). The summed E-state index contributed by atoms with van der Waals surface area (Å²) < 4.78 is 0. The van der Waals surface area contributed by atoms with E-state index in [-0.39, 0.29) is 5.92 Å². The summed E-state index contributed by atoms with van der Waals surface area (Å²) in [5.41, 5.74) is 6.37. The predicted molar refractivity (Wildman–Crippen MR) is 102 cm³/mol. The Balaban J connectivity index is 1.90. The number of aromatic nitrogens is 1. The number of nitrogens with zero attached hydrogens (tertiary/aromatic N) is 3. The first-order valence-corrected chi connectivity index (χ1v) is 8.39. The zero-order chi connectivity index (χ0) is 18.0. The van der Waals surface area contributed by atoms with Gasteiger partial charge in [-0.2, -0.15) is 5.26 Å². The molecule has 0 saturated heterocycles. The van der Waals surface area contributed by atoms with Crippen LogP contribution in [0, 0.1) is 18.3 Å². The van der Waals surface area contributed by atoms with E-state index in [1.807, 2.05) is 32.0 Å². The summed E-state index contributed by atoms with van der Waals surface area (Å²) in [5.74, 6) is 0.442. The minimum Gasteiger partial charge on any atom is -0.338 e. The van der Waals surface area contributed by atoms with Crippen molar-refractivity contribution in [2.24, 2.45) is 10.3 Å². The zero-order valence-corrected chi connectivity index (χ0v) is 15.2. The molecule has 0 aliphatic rings. The van der Waals surface area contributed by atoms with Gasteiger partial charge >= 0.3 is 0 Å². The van der Waals surface area contributed by atoms with E-state index in [1.54, 1.807) is 18.2 Å². The fourth-order valence-electron chi connectivity index (χ4n) is 2.66. The number of nitriles is 1. The van der Waals surface area contributed by atoms with Gasteiger partial charge in [0.25, 0.3) is 0 Å². The van der Waals surface area contributed by atoms with E-state index in [0.29, 0.717) is 21.6 Å². The van der Waals surface area contributed by atoms with Gasteiger partial charge in [-0.15, -0.1) is 5.11 Å². The first-order chi connectivity index (χ1) is 12.0. The average molecular weight is 372 g/mol. The highest BCUT2D eigenvalue weighted by Crippen LogP contribution is 2.33. The average Bonchev–Trinajstić information content (AvgIpc) is 2.93. The van der Waals surface area contributed by atoms with E-state index in [9.17, 15) is 5.26 Å². The van der Waals surface area contributed by atoms with Crippen LogP contribution in [0.5, 0.6) is 0 Å². The van der Waals surface area contributed by atoms with Crippen LogP contribution >= 0.6 is 23.2 Å². The minimum atomic E-state index is -0.197. The van der Waals surface area contributed by atoms with Crippen molar-refractivity contribution in [2.75, 3.05) is 5.43 Å². The van der Waals surface area contributed by atoms with Crippen molar-refractivity contribution in [3.05, 3.63) is 57.6 Å². The molecule has 0 aliphatic heterocycles. The normalized spacial score (nSPS) is 12.4. The van der Waals surface area contributed by atoms with Gasteiger partial charge in [0, 0.05) is 16.5 Å². The number of hydrogen-bond donors (Lipinski definition) is 2. The fraction of sp³-hybridized carbons (Fsp3) is 0.167. The third kappa shape index (κ3) is 3.46. The predicted octanol–water partition coefficient (Wildman–Crippen LogP) is 6.52. The highest BCUT2D eigenvalue weighted by molar-refractivity contribution is 6.42. The molecular weight excluding hydrogens is 357 g/mol. The summed E-state index contributed by atoms with van der Waals surface area (Å²) in [7, 11) is 0. The van der Waals surface area contributed by atoms with Crippen molar-refractivity contribution in [2.45, 2.75) is 19.8 Å². The van der Waals surface area contributed by atoms with Crippen molar-refractivity contribution in [3.8, 4) is 6.07 Å². The standard InChI is InChI=1S/C18H15Cl2N5/c1-10(9-21)13-4-3-5-16-17(13)11(2)18(22-16)24-25-23-12-6-7-14(19)15(20)8-12/h3-8,10,22H,1-2H3,(H,23,24). The maximum atomic E-state index is 9.22. The third-order valence-electron chi connectivity index (χ3n) is 3.99. The van der Waals surface area contributed by atoms with Gasteiger partial charge in [0.05, 0.1) is 27.7 Å². The van der Waals surface area contributed by atoms with Crippen LogP contribution in [0.3, 0.4) is 0 Å². The van der Waals surface area contributed by atoms with Crippen LogP contribution in [-0.2, 0) is 0 Å². The van der Waals surface area contributed by atoms with Crippen LogP contribution < -0.4 is 5.43 Å². The molecule has 2 aromatic carbocycles. The number of hydrogen-bond acceptors (Lipinski definition) is 3. The lowest BCUT2D eigenvalue weighted by Gasteiger charge is -2.05. The second-order valence-corrected chi connectivity index (χ2v) is 6.47. The van der Waals surface area contributed by atoms with E-state index in [2.05, 4.69) is 26.8 Å². The van der Waals surface area contributed by atoms with Gasteiger partial charge in [0.2, 0.25) is 0 Å². The van der Waals surface area contributed by atoms with Gasteiger partial charge in [0.1, 0.15) is 0 Å². The summed E-state index contributed by atoms with van der Waals surface area (Å²) in [6.45, 7) is 3.84. The van der Waals surface area contributed by atoms with Crippen molar-refractivity contribution in [1.82, 2.24) is 4.98 Å². The number of aromatic amines is 1. The van der Waals surface area contributed by atoms with Crippen LogP contribution in [0.1, 0.15) is 24.0 Å². The molecule has 1 unspecified atom stereocenters. The fourth-order valence-corrected chi connectivity index (χ4v) is 2.96. The van der Waals surface area contributed by atoms with Crippen LogP contribution in [0.15, 0.2) is 46.7 Å².